The molecule has 1 aromatic rings. The van der Waals surface area contributed by atoms with E-state index in [0.29, 0.717) is 12.3 Å². The van der Waals surface area contributed by atoms with E-state index in [1.807, 2.05) is 12.3 Å². The van der Waals surface area contributed by atoms with Crippen LogP contribution in [-0.2, 0) is 14.6 Å². The lowest BCUT2D eigenvalue weighted by atomic mass is 10.1. The molecule has 0 bridgehead atoms. The molecule has 0 saturated carbocycles. The van der Waals surface area contributed by atoms with Crippen LogP contribution in [0.5, 0.6) is 0 Å². The number of aromatic nitrogens is 1. The summed E-state index contributed by atoms with van der Waals surface area (Å²) in [6.07, 6.45) is 0.426. The van der Waals surface area contributed by atoms with Gasteiger partial charge in [-0.1, -0.05) is 13.8 Å². The molecule has 2 heterocycles. The third-order valence-corrected chi connectivity index (χ3v) is 6.37. The van der Waals surface area contributed by atoms with Crippen LogP contribution in [-0.4, -0.2) is 30.8 Å². The molecule has 1 aliphatic heterocycles. The lowest BCUT2D eigenvalue weighted by Gasteiger charge is -2.14. The highest BCUT2D eigenvalue weighted by Gasteiger charge is 2.33. The molecule has 0 aromatic carbocycles. The zero-order chi connectivity index (χ0) is 14.9. The second-order valence-corrected chi connectivity index (χ2v) is 8.71. The number of hydrogen-bond acceptors (Lipinski definition) is 5. The normalized spacial score (nSPS) is 22.9. The highest BCUT2D eigenvalue weighted by molar-refractivity contribution is 7.91. The molecule has 0 aliphatic carbocycles. The van der Waals surface area contributed by atoms with Crippen molar-refractivity contribution >= 4 is 27.1 Å². The number of carbonyl (C=O) groups excluding carboxylic acids is 1. The molecule has 0 spiro atoms. The predicted octanol–water partition coefficient (Wildman–Crippen LogP) is 1.88. The molecule has 20 heavy (non-hydrogen) atoms. The summed E-state index contributed by atoms with van der Waals surface area (Å²) >= 11 is 1.59. The number of rotatable bonds is 4. The van der Waals surface area contributed by atoms with Gasteiger partial charge in [-0.3, -0.25) is 4.79 Å². The summed E-state index contributed by atoms with van der Waals surface area (Å²) in [5.74, 6) is -0.131. The van der Waals surface area contributed by atoms with Crippen molar-refractivity contribution in [3.63, 3.8) is 0 Å². The Morgan fingerprint density at radius 2 is 2.15 bits per heavy atom. The van der Waals surface area contributed by atoms with Crippen molar-refractivity contribution in [2.24, 2.45) is 5.92 Å². The van der Waals surface area contributed by atoms with Gasteiger partial charge >= 0.3 is 0 Å². The van der Waals surface area contributed by atoms with Gasteiger partial charge in [-0.15, -0.1) is 11.3 Å². The third kappa shape index (κ3) is 3.58. The van der Waals surface area contributed by atoms with Gasteiger partial charge in [0.05, 0.1) is 34.2 Å². The predicted molar refractivity (Wildman–Crippen MR) is 79.5 cm³/mol. The van der Waals surface area contributed by atoms with Gasteiger partial charge in [0, 0.05) is 11.3 Å². The van der Waals surface area contributed by atoms with Crippen molar-refractivity contribution in [2.75, 3.05) is 11.5 Å². The maximum atomic E-state index is 12.1. The van der Waals surface area contributed by atoms with Crippen LogP contribution in [0.4, 0.5) is 0 Å². The van der Waals surface area contributed by atoms with E-state index in [2.05, 4.69) is 24.1 Å². The van der Waals surface area contributed by atoms with Crippen LogP contribution in [0.1, 0.15) is 49.9 Å². The minimum Gasteiger partial charge on any atom is -0.348 e. The number of nitrogens with one attached hydrogen (secondary N) is 1. The summed E-state index contributed by atoms with van der Waals surface area (Å²) in [6.45, 7) is 6.03. The second kappa shape index (κ2) is 5.81. The van der Waals surface area contributed by atoms with Crippen molar-refractivity contribution in [3.8, 4) is 0 Å². The van der Waals surface area contributed by atoms with E-state index < -0.39 is 15.8 Å². The van der Waals surface area contributed by atoms with E-state index in [9.17, 15) is 13.2 Å². The fraction of sp³-hybridized carbons (Fsp3) is 0.692. The largest absolute Gasteiger partial charge is 0.348 e. The first-order chi connectivity index (χ1) is 9.28. The highest BCUT2D eigenvalue weighted by atomic mass is 32.2. The molecule has 0 unspecified atom stereocenters. The summed E-state index contributed by atoms with van der Waals surface area (Å²) in [4.78, 5) is 16.6. The quantitative estimate of drug-likeness (QED) is 0.920. The van der Waals surface area contributed by atoms with Crippen LogP contribution < -0.4 is 5.32 Å². The summed E-state index contributed by atoms with van der Waals surface area (Å²) in [7, 11) is -3.02. The van der Waals surface area contributed by atoms with Gasteiger partial charge in [-0.2, -0.15) is 0 Å². The molecule has 1 fully saturated rings. The van der Waals surface area contributed by atoms with Crippen molar-refractivity contribution in [3.05, 3.63) is 16.1 Å². The molecule has 1 aliphatic rings. The van der Waals surface area contributed by atoms with Gasteiger partial charge in [-0.25, -0.2) is 13.4 Å². The van der Waals surface area contributed by atoms with E-state index in [4.69, 9.17) is 0 Å². The van der Waals surface area contributed by atoms with Crippen molar-refractivity contribution in [1.82, 2.24) is 10.3 Å². The molecule has 5 nitrogen and oxygen atoms in total. The zero-order valence-corrected chi connectivity index (χ0v) is 13.6. The summed E-state index contributed by atoms with van der Waals surface area (Å²) in [5.41, 5.74) is 0.841. The van der Waals surface area contributed by atoms with Crippen LogP contribution in [0.2, 0.25) is 0 Å². The maximum absolute atomic E-state index is 12.1. The Hall–Kier alpha value is -0.950. The summed E-state index contributed by atoms with van der Waals surface area (Å²) < 4.78 is 22.8. The number of hydrogen-bond donors (Lipinski definition) is 1. The minimum atomic E-state index is -3.02. The van der Waals surface area contributed by atoms with Gasteiger partial charge in [0.2, 0.25) is 5.91 Å². The summed E-state index contributed by atoms with van der Waals surface area (Å²) in [6, 6.07) is -0.186. The van der Waals surface area contributed by atoms with Crippen molar-refractivity contribution in [2.45, 2.75) is 39.2 Å². The molecule has 2 rings (SSSR count). The third-order valence-electron chi connectivity index (χ3n) is 3.44. The minimum absolute atomic E-state index is 0.0279. The van der Waals surface area contributed by atoms with E-state index >= 15 is 0 Å². The molecule has 1 amide bonds. The Bertz CT molecular complexity index is 593. The monoisotopic (exact) mass is 316 g/mol. The van der Waals surface area contributed by atoms with Crippen LogP contribution >= 0.6 is 11.3 Å². The number of carbonyl (C=O) groups is 1. The van der Waals surface area contributed by atoms with E-state index in [1.54, 1.807) is 11.3 Å². The van der Waals surface area contributed by atoms with Gasteiger partial charge in [0.25, 0.3) is 0 Å². The first kappa shape index (κ1) is 15.4. The summed E-state index contributed by atoms with van der Waals surface area (Å²) in [5, 5.41) is 5.86. The van der Waals surface area contributed by atoms with Gasteiger partial charge < -0.3 is 5.32 Å². The van der Waals surface area contributed by atoms with E-state index in [-0.39, 0.29) is 23.5 Å². The van der Waals surface area contributed by atoms with Gasteiger partial charge in [0.15, 0.2) is 9.84 Å². The Morgan fingerprint density at radius 3 is 2.65 bits per heavy atom. The molecule has 2 atom stereocenters. The molecule has 112 valence electrons. The number of amides is 1. The van der Waals surface area contributed by atoms with Crippen LogP contribution in [0.3, 0.4) is 0 Å². The van der Waals surface area contributed by atoms with Crippen LogP contribution in [0, 0.1) is 5.92 Å². The number of sulfone groups is 1. The highest BCUT2D eigenvalue weighted by Crippen LogP contribution is 2.24. The Kier molecular flexibility index (Phi) is 4.49. The van der Waals surface area contributed by atoms with E-state index in [1.165, 1.54) is 0 Å². The Morgan fingerprint density at radius 1 is 1.45 bits per heavy atom. The van der Waals surface area contributed by atoms with E-state index in [0.717, 1.165) is 10.7 Å². The molecule has 1 aromatic heterocycles. The number of nitrogens with zero attached hydrogens (tertiary/aromatic N) is 1. The van der Waals surface area contributed by atoms with Gasteiger partial charge in [-0.05, 0) is 13.3 Å². The van der Waals surface area contributed by atoms with Gasteiger partial charge in [0.1, 0.15) is 0 Å². The fourth-order valence-corrected chi connectivity index (χ4v) is 4.84. The molecule has 1 N–H and O–H groups in total. The fourth-order valence-electron chi connectivity index (χ4n) is 2.17. The molecule has 7 heteroatoms. The topological polar surface area (TPSA) is 76.1 Å². The van der Waals surface area contributed by atoms with Crippen LogP contribution in [0.25, 0.3) is 0 Å². The first-order valence-corrected chi connectivity index (χ1v) is 9.44. The zero-order valence-electron chi connectivity index (χ0n) is 11.9. The number of thiazole rings is 1. The second-order valence-electron chi connectivity index (χ2n) is 5.60. The molecule has 0 radical (unpaired) electrons. The molecular formula is C13H20N2O3S2. The standard InChI is InChI=1S/C13H20N2O3S2/c1-8(2)13-15-11(6-19-13)9(3)14-12(16)10-4-5-20(17,18)7-10/h6,8-10H,4-5,7H2,1-3H3,(H,14,16)/t9-,10+/m1/s1. The average molecular weight is 316 g/mol. The smallest absolute Gasteiger partial charge is 0.224 e. The lowest BCUT2D eigenvalue weighted by Crippen LogP contribution is -2.33. The SMILES string of the molecule is CC(C)c1nc([C@@H](C)NC(=O)[C@H]2CCS(=O)(=O)C2)cs1. The maximum Gasteiger partial charge on any atom is 0.224 e. The molecule has 1 saturated heterocycles. The Balaban J connectivity index is 1.97. The van der Waals surface area contributed by atoms with Crippen LogP contribution in [0.15, 0.2) is 5.38 Å². The first-order valence-electron chi connectivity index (χ1n) is 6.74. The van der Waals surface area contributed by atoms with Crippen molar-refractivity contribution in [1.29, 1.82) is 0 Å². The Labute approximate surface area is 123 Å². The van der Waals surface area contributed by atoms with Crippen molar-refractivity contribution < 1.29 is 13.2 Å². The average Bonchev–Trinajstić information content (AvgIpc) is 2.95. The molecular weight excluding hydrogens is 296 g/mol. The lowest BCUT2D eigenvalue weighted by molar-refractivity contribution is -0.124.